The van der Waals surface area contributed by atoms with Gasteiger partial charge >= 0.3 is 0 Å². The zero-order valence-corrected chi connectivity index (χ0v) is 11.9. The van der Waals surface area contributed by atoms with Crippen LogP contribution >= 0.6 is 0 Å². The van der Waals surface area contributed by atoms with E-state index in [0.29, 0.717) is 13.2 Å². The average Bonchev–Trinajstić information content (AvgIpc) is 2.26. The van der Waals surface area contributed by atoms with Gasteiger partial charge in [-0.05, 0) is 33.4 Å². The zero-order chi connectivity index (χ0) is 12.9. The molecule has 1 rings (SSSR count). The van der Waals surface area contributed by atoms with Gasteiger partial charge in [0.1, 0.15) is 0 Å². The van der Waals surface area contributed by atoms with Gasteiger partial charge in [-0.15, -0.1) is 0 Å². The van der Waals surface area contributed by atoms with Crippen molar-refractivity contribution in [1.82, 2.24) is 9.21 Å². The first kappa shape index (κ1) is 14.9. The Morgan fingerprint density at radius 3 is 2.41 bits per heavy atom. The Balaban J connectivity index is 2.43. The molecule has 0 aliphatic carbocycles. The highest BCUT2D eigenvalue weighted by Crippen LogP contribution is 2.15. The Kier molecular flexibility index (Phi) is 5.85. The summed E-state index contributed by atoms with van der Waals surface area (Å²) in [5, 5.41) is 0. The first-order chi connectivity index (χ1) is 7.92. The highest BCUT2D eigenvalue weighted by atomic mass is 32.2. The summed E-state index contributed by atoms with van der Waals surface area (Å²) in [5.74, 6) is 0.122. The molecule has 0 bridgehead atoms. The fraction of sp³-hybridized carbons (Fsp3) is 1.00. The third-order valence-electron chi connectivity index (χ3n) is 3.01. The van der Waals surface area contributed by atoms with Crippen LogP contribution in [0.25, 0.3) is 0 Å². The molecular weight excluding hydrogens is 240 g/mol. The van der Waals surface area contributed by atoms with E-state index in [0.717, 1.165) is 25.8 Å². The second kappa shape index (κ2) is 6.68. The first-order valence-electron chi connectivity index (χ1n) is 6.12. The Bertz CT molecular complexity index is 311. The summed E-state index contributed by atoms with van der Waals surface area (Å²) in [6.45, 7) is 1.96. The van der Waals surface area contributed by atoms with Gasteiger partial charge in [0.2, 0.25) is 10.0 Å². The molecule has 0 aromatic carbocycles. The zero-order valence-electron chi connectivity index (χ0n) is 11.1. The maximum atomic E-state index is 12.0. The molecule has 17 heavy (non-hydrogen) atoms. The van der Waals surface area contributed by atoms with Gasteiger partial charge in [-0.3, -0.25) is 0 Å². The summed E-state index contributed by atoms with van der Waals surface area (Å²) < 4.78 is 31.0. The van der Waals surface area contributed by atoms with Crippen LogP contribution in [0.4, 0.5) is 0 Å². The molecule has 1 aliphatic rings. The number of nitrogens with zero attached hydrogens (tertiary/aromatic N) is 2. The van der Waals surface area contributed by atoms with E-state index >= 15 is 0 Å². The van der Waals surface area contributed by atoms with Crippen LogP contribution in [0.15, 0.2) is 0 Å². The van der Waals surface area contributed by atoms with Crippen molar-refractivity contribution in [3.8, 4) is 0 Å². The highest BCUT2D eigenvalue weighted by Gasteiger charge is 2.25. The second-order valence-electron chi connectivity index (χ2n) is 4.89. The van der Waals surface area contributed by atoms with Crippen molar-refractivity contribution in [1.29, 1.82) is 0 Å². The quantitative estimate of drug-likeness (QED) is 0.696. The fourth-order valence-corrected chi connectivity index (χ4v) is 3.13. The predicted octanol–water partition coefficient (Wildman–Crippen LogP) is 0.379. The fourth-order valence-electron chi connectivity index (χ4n) is 1.78. The molecule has 1 aliphatic heterocycles. The summed E-state index contributed by atoms with van der Waals surface area (Å²) >= 11 is 0. The van der Waals surface area contributed by atoms with Crippen LogP contribution in [0.1, 0.15) is 19.3 Å². The van der Waals surface area contributed by atoms with Gasteiger partial charge in [0, 0.05) is 26.7 Å². The minimum atomic E-state index is -3.17. The lowest BCUT2D eigenvalue weighted by atomic mass is 10.1. The van der Waals surface area contributed by atoms with E-state index in [9.17, 15) is 8.42 Å². The van der Waals surface area contributed by atoms with E-state index < -0.39 is 10.0 Å². The summed E-state index contributed by atoms with van der Waals surface area (Å²) in [6, 6.07) is 0. The Labute approximate surface area is 105 Å². The number of likely N-dealkylation sites (N-methyl/N-ethyl adjacent to an activating group) is 2. The van der Waals surface area contributed by atoms with Crippen molar-refractivity contribution < 1.29 is 13.2 Å². The third kappa shape index (κ3) is 5.33. The van der Waals surface area contributed by atoms with Crippen molar-refractivity contribution in [3.63, 3.8) is 0 Å². The molecule has 1 heterocycles. The van der Waals surface area contributed by atoms with E-state index in [2.05, 4.69) is 0 Å². The van der Waals surface area contributed by atoms with Gasteiger partial charge in [0.05, 0.1) is 11.9 Å². The number of ether oxygens (including phenoxy) is 1. The van der Waals surface area contributed by atoms with Crippen LogP contribution in [-0.2, 0) is 14.8 Å². The molecule has 0 saturated carbocycles. The highest BCUT2D eigenvalue weighted by molar-refractivity contribution is 7.89. The molecule has 102 valence electrons. The molecule has 0 N–H and O–H groups in total. The van der Waals surface area contributed by atoms with Crippen LogP contribution in [0.2, 0.25) is 0 Å². The van der Waals surface area contributed by atoms with E-state index in [1.807, 2.05) is 19.0 Å². The molecule has 0 amide bonds. The van der Waals surface area contributed by atoms with Gasteiger partial charge in [0.25, 0.3) is 0 Å². The van der Waals surface area contributed by atoms with Crippen molar-refractivity contribution in [2.75, 3.05) is 46.6 Å². The number of sulfonamides is 1. The standard InChI is InChI=1S/C11H24N2O3S/c1-12(2)7-8-13(3)17(14,15)10-11-6-4-5-9-16-11/h11H,4-10H2,1-3H3/t11-/m1/s1. The van der Waals surface area contributed by atoms with Crippen molar-refractivity contribution >= 4 is 10.0 Å². The minimum Gasteiger partial charge on any atom is -0.377 e. The van der Waals surface area contributed by atoms with Crippen LogP contribution in [0, 0.1) is 0 Å². The van der Waals surface area contributed by atoms with Crippen LogP contribution < -0.4 is 0 Å². The Morgan fingerprint density at radius 2 is 1.88 bits per heavy atom. The van der Waals surface area contributed by atoms with Gasteiger partial charge < -0.3 is 9.64 Å². The summed E-state index contributed by atoms with van der Waals surface area (Å²) in [5.41, 5.74) is 0. The molecule has 6 heteroatoms. The van der Waals surface area contributed by atoms with Crippen LogP contribution in [0.5, 0.6) is 0 Å². The predicted molar refractivity (Wildman–Crippen MR) is 68.6 cm³/mol. The van der Waals surface area contributed by atoms with Crippen LogP contribution in [-0.4, -0.2) is 70.3 Å². The summed E-state index contributed by atoms with van der Waals surface area (Å²) in [6.07, 6.45) is 2.87. The van der Waals surface area contributed by atoms with Gasteiger partial charge in [-0.2, -0.15) is 0 Å². The third-order valence-corrected chi connectivity index (χ3v) is 4.93. The molecule has 5 nitrogen and oxygen atoms in total. The molecule has 1 atom stereocenters. The largest absolute Gasteiger partial charge is 0.377 e. The normalized spacial score (nSPS) is 22.3. The van der Waals surface area contributed by atoms with E-state index in [-0.39, 0.29) is 11.9 Å². The molecular formula is C11H24N2O3S. The van der Waals surface area contributed by atoms with Crippen molar-refractivity contribution in [2.24, 2.45) is 0 Å². The summed E-state index contributed by atoms with van der Waals surface area (Å²) in [7, 11) is 2.34. The molecule has 0 radical (unpaired) electrons. The maximum Gasteiger partial charge on any atom is 0.216 e. The summed E-state index contributed by atoms with van der Waals surface area (Å²) in [4.78, 5) is 1.98. The lowest BCUT2D eigenvalue weighted by Gasteiger charge is -2.25. The Morgan fingerprint density at radius 1 is 1.18 bits per heavy atom. The smallest absolute Gasteiger partial charge is 0.216 e. The second-order valence-corrected chi connectivity index (χ2v) is 7.01. The van der Waals surface area contributed by atoms with Crippen molar-refractivity contribution in [3.05, 3.63) is 0 Å². The number of hydrogen-bond donors (Lipinski definition) is 0. The van der Waals surface area contributed by atoms with Gasteiger partial charge in [-0.25, -0.2) is 12.7 Å². The Hall–Kier alpha value is -0.170. The van der Waals surface area contributed by atoms with E-state index in [4.69, 9.17) is 4.74 Å². The molecule has 0 aromatic heterocycles. The molecule has 1 fully saturated rings. The average molecular weight is 264 g/mol. The topological polar surface area (TPSA) is 49.9 Å². The number of hydrogen-bond acceptors (Lipinski definition) is 4. The molecule has 1 saturated heterocycles. The first-order valence-corrected chi connectivity index (χ1v) is 7.73. The minimum absolute atomic E-state index is 0.115. The van der Waals surface area contributed by atoms with Crippen molar-refractivity contribution in [2.45, 2.75) is 25.4 Å². The molecule has 0 aromatic rings. The van der Waals surface area contributed by atoms with Gasteiger partial charge in [0.15, 0.2) is 0 Å². The van der Waals surface area contributed by atoms with E-state index in [1.54, 1.807) is 7.05 Å². The van der Waals surface area contributed by atoms with Crippen LogP contribution in [0.3, 0.4) is 0 Å². The SMILES string of the molecule is CN(C)CCN(C)S(=O)(=O)C[C@H]1CCCCO1. The van der Waals surface area contributed by atoms with E-state index in [1.165, 1.54) is 4.31 Å². The molecule has 0 spiro atoms. The lowest BCUT2D eigenvalue weighted by Crippen LogP contribution is -2.39. The number of rotatable bonds is 6. The molecule has 0 unspecified atom stereocenters. The maximum absolute atomic E-state index is 12.0. The monoisotopic (exact) mass is 264 g/mol. The van der Waals surface area contributed by atoms with Gasteiger partial charge in [-0.1, -0.05) is 0 Å². The lowest BCUT2D eigenvalue weighted by molar-refractivity contribution is 0.0299.